The summed E-state index contributed by atoms with van der Waals surface area (Å²) in [5, 5.41) is 0. The van der Waals surface area contributed by atoms with E-state index in [-0.39, 0.29) is 17.3 Å². The van der Waals surface area contributed by atoms with Crippen LogP contribution in [0, 0.1) is 12.8 Å². The van der Waals surface area contributed by atoms with Crippen LogP contribution in [0.4, 0.5) is 0 Å². The fourth-order valence-electron chi connectivity index (χ4n) is 3.34. The van der Waals surface area contributed by atoms with Gasteiger partial charge in [0.2, 0.25) is 5.78 Å². The van der Waals surface area contributed by atoms with Crippen molar-refractivity contribution in [2.75, 3.05) is 0 Å². The summed E-state index contributed by atoms with van der Waals surface area (Å²) in [5.74, 6) is 1.14. The Labute approximate surface area is 146 Å². The van der Waals surface area contributed by atoms with Crippen molar-refractivity contribution in [3.63, 3.8) is 0 Å². The highest BCUT2D eigenvalue weighted by Crippen LogP contribution is 2.22. The van der Waals surface area contributed by atoms with E-state index in [2.05, 4.69) is 37.2 Å². The normalized spacial score (nSPS) is 13.4. The van der Waals surface area contributed by atoms with E-state index in [0.29, 0.717) is 23.6 Å². The number of aryl methyl sites for hydroxylation is 2. The molecule has 0 N–H and O–H groups in total. The number of hydrogen-bond acceptors (Lipinski definition) is 3. The van der Waals surface area contributed by atoms with Crippen molar-refractivity contribution in [1.82, 2.24) is 23.1 Å². The second kappa shape index (κ2) is 6.20. The van der Waals surface area contributed by atoms with Crippen molar-refractivity contribution in [2.45, 2.75) is 60.0 Å². The minimum atomic E-state index is -0.300. The van der Waals surface area contributed by atoms with E-state index in [9.17, 15) is 9.59 Å². The van der Waals surface area contributed by atoms with Gasteiger partial charge < -0.3 is 4.57 Å². The Balaban J connectivity index is 2.36. The highest BCUT2D eigenvalue weighted by atomic mass is 16.2. The average Bonchev–Trinajstić information content (AvgIpc) is 3.06. The Morgan fingerprint density at radius 1 is 1.20 bits per heavy atom. The Morgan fingerprint density at radius 2 is 1.88 bits per heavy atom. The van der Waals surface area contributed by atoms with Crippen LogP contribution in [-0.2, 0) is 13.6 Å². The average molecular weight is 345 g/mol. The van der Waals surface area contributed by atoms with Gasteiger partial charge in [0.05, 0.1) is 0 Å². The third-order valence-electron chi connectivity index (χ3n) is 5.03. The first kappa shape index (κ1) is 17.5. The number of aromatic nitrogens is 5. The van der Waals surface area contributed by atoms with Gasteiger partial charge in [-0.2, -0.15) is 4.98 Å². The van der Waals surface area contributed by atoms with E-state index in [0.717, 1.165) is 24.3 Å². The number of imidazole rings is 2. The first-order chi connectivity index (χ1) is 11.8. The molecule has 1 atom stereocenters. The van der Waals surface area contributed by atoms with Gasteiger partial charge in [-0.1, -0.05) is 20.8 Å². The van der Waals surface area contributed by atoms with Crippen molar-refractivity contribution in [1.29, 1.82) is 0 Å². The van der Waals surface area contributed by atoms with Crippen LogP contribution in [0.1, 0.15) is 52.3 Å². The molecule has 136 valence electrons. The fourth-order valence-corrected chi connectivity index (χ4v) is 3.34. The van der Waals surface area contributed by atoms with E-state index < -0.39 is 0 Å². The zero-order chi connectivity index (χ0) is 18.5. The monoisotopic (exact) mass is 345 g/mol. The van der Waals surface area contributed by atoms with Gasteiger partial charge in [-0.15, -0.1) is 0 Å². The molecule has 3 heterocycles. The van der Waals surface area contributed by atoms with Gasteiger partial charge in [-0.25, -0.2) is 4.79 Å². The van der Waals surface area contributed by atoms with E-state index in [4.69, 9.17) is 0 Å². The maximum absolute atomic E-state index is 13.0. The summed E-state index contributed by atoms with van der Waals surface area (Å²) in [6, 6.07) is 0.273. The lowest BCUT2D eigenvalue weighted by Gasteiger charge is -2.12. The van der Waals surface area contributed by atoms with Gasteiger partial charge in [0.1, 0.15) is 0 Å². The van der Waals surface area contributed by atoms with Crippen LogP contribution in [0.2, 0.25) is 0 Å². The standard InChI is InChI=1S/C18H27N5O2/c1-7-12(4)23-13(5)10-22-14-15(19-17(22)23)20(6)18(25)21(16(14)24)9-8-11(2)3/h10-12H,7-9H2,1-6H3/t12-/m0/s1. The molecule has 0 aliphatic heterocycles. The summed E-state index contributed by atoms with van der Waals surface area (Å²) in [5.41, 5.74) is 1.42. The van der Waals surface area contributed by atoms with E-state index in [1.54, 1.807) is 7.05 Å². The molecular weight excluding hydrogens is 318 g/mol. The summed E-state index contributed by atoms with van der Waals surface area (Å²) in [6.07, 6.45) is 3.69. The molecule has 0 saturated carbocycles. The minimum Gasteiger partial charge on any atom is -0.311 e. The molecule has 0 saturated heterocycles. The first-order valence-electron chi connectivity index (χ1n) is 8.97. The predicted molar refractivity (Wildman–Crippen MR) is 99.4 cm³/mol. The Kier molecular flexibility index (Phi) is 4.34. The summed E-state index contributed by atoms with van der Waals surface area (Å²) in [4.78, 5) is 30.3. The molecule has 0 bridgehead atoms. The van der Waals surface area contributed by atoms with E-state index in [1.165, 1.54) is 9.13 Å². The van der Waals surface area contributed by atoms with Gasteiger partial charge in [-0.3, -0.25) is 18.3 Å². The molecule has 0 amide bonds. The molecule has 3 aromatic heterocycles. The maximum atomic E-state index is 13.0. The summed E-state index contributed by atoms with van der Waals surface area (Å²) >= 11 is 0. The van der Waals surface area contributed by atoms with Crippen LogP contribution in [0.5, 0.6) is 0 Å². The molecule has 0 aliphatic rings. The molecule has 0 aliphatic carbocycles. The first-order valence-corrected chi connectivity index (χ1v) is 8.97. The smallest absolute Gasteiger partial charge is 0.311 e. The van der Waals surface area contributed by atoms with Crippen molar-refractivity contribution >= 4 is 16.9 Å². The van der Waals surface area contributed by atoms with E-state index >= 15 is 0 Å². The van der Waals surface area contributed by atoms with Crippen LogP contribution >= 0.6 is 0 Å². The molecule has 0 spiro atoms. The second-order valence-electron chi connectivity index (χ2n) is 7.33. The zero-order valence-electron chi connectivity index (χ0n) is 15.9. The molecule has 0 unspecified atom stereocenters. The summed E-state index contributed by atoms with van der Waals surface area (Å²) < 4.78 is 6.79. The molecule has 25 heavy (non-hydrogen) atoms. The summed E-state index contributed by atoms with van der Waals surface area (Å²) in [6.45, 7) is 10.9. The van der Waals surface area contributed by atoms with Gasteiger partial charge in [0.25, 0.3) is 5.56 Å². The lowest BCUT2D eigenvalue weighted by Crippen LogP contribution is -2.39. The van der Waals surface area contributed by atoms with Crippen molar-refractivity contribution < 1.29 is 0 Å². The third kappa shape index (κ3) is 2.62. The van der Waals surface area contributed by atoms with Gasteiger partial charge >= 0.3 is 5.69 Å². The topological polar surface area (TPSA) is 66.2 Å². The van der Waals surface area contributed by atoms with Crippen LogP contribution in [0.3, 0.4) is 0 Å². The summed E-state index contributed by atoms with van der Waals surface area (Å²) in [7, 11) is 1.68. The minimum absolute atomic E-state index is 0.257. The third-order valence-corrected chi connectivity index (χ3v) is 5.03. The number of hydrogen-bond donors (Lipinski definition) is 0. The molecule has 7 nitrogen and oxygen atoms in total. The van der Waals surface area contributed by atoms with Gasteiger partial charge in [-0.05, 0) is 32.6 Å². The molecule has 0 fully saturated rings. The Bertz CT molecular complexity index is 1050. The van der Waals surface area contributed by atoms with Crippen molar-refractivity contribution in [3.05, 3.63) is 32.7 Å². The maximum Gasteiger partial charge on any atom is 0.332 e. The van der Waals surface area contributed by atoms with Crippen LogP contribution < -0.4 is 11.2 Å². The van der Waals surface area contributed by atoms with E-state index in [1.807, 2.05) is 17.5 Å². The largest absolute Gasteiger partial charge is 0.332 e. The SMILES string of the molecule is CC[C@H](C)n1c(C)cn2c3c(=O)n(CCC(C)C)c(=O)n(C)c3nc12. The van der Waals surface area contributed by atoms with Crippen LogP contribution in [-0.4, -0.2) is 23.1 Å². The number of rotatable bonds is 5. The molecule has 7 heteroatoms. The molecule has 3 aromatic rings. The van der Waals surface area contributed by atoms with Crippen LogP contribution in [0.15, 0.2) is 15.8 Å². The number of nitrogens with zero attached hydrogens (tertiary/aromatic N) is 5. The Morgan fingerprint density at radius 3 is 2.48 bits per heavy atom. The van der Waals surface area contributed by atoms with Gasteiger partial charge in [0, 0.05) is 31.5 Å². The lowest BCUT2D eigenvalue weighted by molar-refractivity contribution is 0.488. The van der Waals surface area contributed by atoms with Crippen molar-refractivity contribution in [2.24, 2.45) is 13.0 Å². The molecule has 3 rings (SSSR count). The quantitative estimate of drug-likeness (QED) is 0.713. The fraction of sp³-hybridized carbons (Fsp3) is 0.611. The second-order valence-corrected chi connectivity index (χ2v) is 7.33. The van der Waals surface area contributed by atoms with Gasteiger partial charge in [0.15, 0.2) is 11.2 Å². The lowest BCUT2D eigenvalue weighted by atomic mass is 10.1. The molecular formula is C18H27N5O2. The highest BCUT2D eigenvalue weighted by molar-refractivity contribution is 5.75. The molecule has 0 radical (unpaired) electrons. The zero-order valence-corrected chi connectivity index (χ0v) is 15.9. The predicted octanol–water partition coefficient (Wildman–Crippen LogP) is 2.47. The molecule has 0 aromatic carbocycles. The Hall–Kier alpha value is -2.31. The highest BCUT2D eigenvalue weighted by Gasteiger charge is 2.21. The number of fused-ring (bicyclic) bond motifs is 3. The van der Waals surface area contributed by atoms with Crippen molar-refractivity contribution in [3.8, 4) is 0 Å². The van der Waals surface area contributed by atoms with Crippen LogP contribution in [0.25, 0.3) is 16.9 Å².